The van der Waals surface area contributed by atoms with Gasteiger partial charge in [-0.1, -0.05) is 13.0 Å². The lowest BCUT2D eigenvalue weighted by atomic mass is 10.1. The molecule has 1 aromatic carbocycles. The van der Waals surface area contributed by atoms with Crippen LogP contribution in [0.4, 0.5) is 4.39 Å². The third-order valence-corrected chi connectivity index (χ3v) is 4.84. The van der Waals surface area contributed by atoms with Crippen LogP contribution in [0.25, 0.3) is 10.1 Å². The van der Waals surface area contributed by atoms with Gasteiger partial charge in [-0.05, 0) is 39.4 Å². The van der Waals surface area contributed by atoms with Gasteiger partial charge in [0.05, 0.1) is 12.2 Å². The van der Waals surface area contributed by atoms with E-state index in [1.165, 1.54) is 6.07 Å². The number of hydrogen-bond donors (Lipinski definition) is 1. The zero-order chi connectivity index (χ0) is 14.8. The van der Waals surface area contributed by atoms with E-state index in [4.69, 9.17) is 4.74 Å². The van der Waals surface area contributed by atoms with E-state index in [9.17, 15) is 4.39 Å². The van der Waals surface area contributed by atoms with Crippen LogP contribution in [0.2, 0.25) is 0 Å². The third kappa shape index (κ3) is 3.19. The van der Waals surface area contributed by atoms with Gasteiger partial charge in [0.25, 0.3) is 0 Å². The first kappa shape index (κ1) is 15.4. The molecule has 2 rings (SSSR count). The van der Waals surface area contributed by atoms with E-state index in [2.05, 4.69) is 26.1 Å². The molecule has 0 atom stereocenters. The summed E-state index contributed by atoms with van der Waals surface area (Å²) in [4.78, 5) is 1.15. The molecule has 20 heavy (non-hydrogen) atoms. The van der Waals surface area contributed by atoms with Crippen LogP contribution in [-0.2, 0) is 17.9 Å². The monoisotopic (exact) mass is 295 g/mol. The molecule has 0 aliphatic rings. The number of fused-ring (bicyclic) bond motifs is 1. The van der Waals surface area contributed by atoms with Gasteiger partial charge >= 0.3 is 0 Å². The Morgan fingerprint density at radius 3 is 2.75 bits per heavy atom. The Bertz CT molecular complexity index is 591. The Morgan fingerprint density at radius 2 is 2.10 bits per heavy atom. The highest BCUT2D eigenvalue weighted by Gasteiger charge is 2.20. The number of ether oxygens (including phenoxy) is 1. The van der Waals surface area contributed by atoms with Crippen LogP contribution >= 0.6 is 11.3 Å². The van der Waals surface area contributed by atoms with Crippen molar-refractivity contribution >= 4 is 21.4 Å². The van der Waals surface area contributed by atoms with Crippen LogP contribution < -0.4 is 5.32 Å². The second kappa shape index (κ2) is 6.20. The molecule has 0 saturated heterocycles. The molecule has 0 radical (unpaired) electrons. The Balaban J connectivity index is 2.40. The van der Waals surface area contributed by atoms with Crippen molar-refractivity contribution in [1.29, 1.82) is 0 Å². The molecule has 1 N–H and O–H groups in total. The summed E-state index contributed by atoms with van der Waals surface area (Å²) in [5.41, 5.74) is 0.801. The molecular weight excluding hydrogens is 273 g/mol. The lowest BCUT2D eigenvalue weighted by Crippen LogP contribution is -2.23. The summed E-state index contributed by atoms with van der Waals surface area (Å²) in [5, 5.41) is 3.87. The largest absolute Gasteiger partial charge is 0.371 e. The molecule has 2 nitrogen and oxygen atoms in total. The SMILES string of the molecule is CCC(C)(C)OCc1c(CNC)sc2cccc(F)c12. The maximum absolute atomic E-state index is 14.1. The minimum atomic E-state index is -0.184. The summed E-state index contributed by atoms with van der Waals surface area (Å²) in [6.45, 7) is 7.43. The first-order valence-electron chi connectivity index (χ1n) is 6.96. The van der Waals surface area contributed by atoms with Crippen molar-refractivity contribution in [2.75, 3.05) is 7.05 Å². The van der Waals surface area contributed by atoms with Crippen molar-refractivity contribution < 1.29 is 9.13 Å². The number of thiophene rings is 1. The predicted molar refractivity (Wildman–Crippen MR) is 83.7 cm³/mol. The number of benzene rings is 1. The van der Waals surface area contributed by atoms with Crippen LogP contribution in [0.1, 0.15) is 37.6 Å². The minimum absolute atomic E-state index is 0.158. The highest BCUT2D eigenvalue weighted by molar-refractivity contribution is 7.19. The lowest BCUT2D eigenvalue weighted by molar-refractivity contribution is -0.0313. The number of halogens is 1. The fraction of sp³-hybridized carbons (Fsp3) is 0.500. The Kier molecular flexibility index (Phi) is 4.78. The zero-order valence-electron chi connectivity index (χ0n) is 12.5. The first-order valence-corrected chi connectivity index (χ1v) is 7.77. The van der Waals surface area contributed by atoms with Gasteiger partial charge in [-0.3, -0.25) is 0 Å². The van der Waals surface area contributed by atoms with Crippen molar-refractivity contribution in [3.63, 3.8) is 0 Å². The standard InChI is InChI=1S/C16H22FNOS/c1-5-16(2,3)19-10-11-14(9-18-4)20-13-8-6-7-12(17)15(11)13/h6-8,18H,5,9-10H2,1-4H3. The van der Waals surface area contributed by atoms with Gasteiger partial charge in [0.1, 0.15) is 5.82 Å². The van der Waals surface area contributed by atoms with E-state index in [0.717, 1.165) is 33.5 Å². The molecule has 0 spiro atoms. The van der Waals surface area contributed by atoms with Crippen molar-refractivity contribution in [3.8, 4) is 0 Å². The highest BCUT2D eigenvalue weighted by Crippen LogP contribution is 2.34. The smallest absolute Gasteiger partial charge is 0.132 e. The second-order valence-electron chi connectivity index (χ2n) is 5.55. The van der Waals surface area contributed by atoms with Crippen LogP contribution in [0.3, 0.4) is 0 Å². The fourth-order valence-electron chi connectivity index (χ4n) is 2.04. The summed E-state index contributed by atoms with van der Waals surface area (Å²) in [6, 6.07) is 5.25. The molecule has 0 bridgehead atoms. The summed E-state index contributed by atoms with van der Waals surface area (Å²) in [6.07, 6.45) is 0.929. The van der Waals surface area contributed by atoms with Crippen molar-refractivity contribution in [2.45, 2.75) is 45.9 Å². The van der Waals surface area contributed by atoms with E-state index in [1.807, 2.05) is 13.1 Å². The van der Waals surface area contributed by atoms with Gasteiger partial charge in [0, 0.05) is 27.1 Å². The summed E-state index contributed by atoms with van der Waals surface area (Å²) >= 11 is 1.64. The van der Waals surface area contributed by atoms with E-state index >= 15 is 0 Å². The molecule has 0 amide bonds. The number of rotatable bonds is 6. The third-order valence-electron chi connectivity index (χ3n) is 3.64. The molecule has 4 heteroatoms. The average molecular weight is 295 g/mol. The zero-order valence-corrected chi connectivity index (χ0v) is 13.4. The number of nitrogens with one attached hydrogen (secondary N) is 1. The minimum Gasteiger partial charge on any atom is -0.371 e. The fourth-order valence-corrected chi connectivity index (χ4v) is 3.28. The van der Waals surface area contributed by atoms with Crippen LogP contribution in [0.5, 0.6) is 0 Å². The molecule has 0 aliphatic heterocycles. The van der Waals surface area contributed by atoms with E-state index in [-0.39, 0.29) is 11.4 Å². The topological polar surface area (TPSA) is 21.3 Å². The van der Waals surface area contributed by atoms with Crippen LogP contribution in [0.15, 0.2) is 18.2 Å². The van der Waals surface area contributed by atoms with Crippen molar-refractivity contribution in [1.82, 2.24) is 5.32 Å². The molecule has 110 valence electrons. The van der Waals surface area contributed by atoms with Crippen LogP contribution in [0, 0.1) is 5.82 Å². The average Bonchev–Trinajstić information content (AvgIpc) is 2.76. The maximum Gasteiger partial charge on any atom is 0.132 e. The van der Waals surface area contributed by atoms with E-state index in [1.54, 1.807) is 17.4 Å². The van der Waals surface area contributed by atoms with Gasteiger partial charge in [-0.25, -0.2) is 4.39 Å². The molecule has 1 aromatic heterocycles. The second-order valence-corrected chi connectivity index (χ2v) is 6.69. The van der Waals surface area contributed by atoms with Gasteiger partial charge in [-0.2, -0.15) is 0 Å². The van der Waals surface area contributed by atoms with E-state index in [0.29, 0.717) is 6.61 Å². The Labute approximate surface area is 124 Å². The Morgan fingerprint density at radius 1 is 1.35 bits per heavy atom. The number of hydrogen-bond acceptors (Lipinski definition) is 3. The molecule has 0 aliphatic carbocycles. The van der Waals surface area contributed by atoms with Crippen molar-refractivity contribution in [2.24, 2.45) is 0 Å². The maximum atomic E-state index is 14.1. The van der Waals surface area contributed by atoms with E-state index < -0.39 is 0 Å². The molecule has 1 heterocycles. The molecular formula is C16H22FNOS. The molecule has 2 aromatic rings. The molecule has 0 unspecified atom stereocenters. The van der Waals surface area contributed by atoms with Crippen molar-refractivity contribution in [3.05, 3.63) is 34.5 Å². The molecule has 0 saturated carbocycles. The van der Waals surface area contributed by atoms with Crippen LogP contribution in [-0.4, -0.2) is 12.6 Å². The highest BCUT2D eigenvalue weighted by atomic mass is 32.1. The quantitative estimate of drug-likeness (QED) is 0.849. The molecule has 0 fully saturated rings. The first-order chi connectivity index (χ1) is 9.48. The summed E-state index contributed by atoms with van der Waals surface area (Å²) < 4.78 is 21.1. The predicted octanol–water partition coefficient (Wildman–Crippen LogP) is 4.47. The summed E-state index contributed by atoms with van der Waals surface area (Å²) in [7, 11) is 1.90. The van der Waals surface area contributed by atoms with Gasteiger partial charge in [0.15, 0.2) is 0 Å². The summed E-state index contributed by atoms with van der Waals surface area (Å²) in [5.74, 6) is -0.158. The lowest BCUT2D eigenvalue weighted by Gasteiger charge is -2.23. The van der Waals surface area contributed by atoms with Gasteiger partial charge in [-0.15, -0.1) is 11.3 Å². The normalized spacial score (nSPS) is 12.2. The van der Waals surface area contributed by atoms with Gasteiger partial charge in [0.2, 0.25) is 0 Å². The van der Waals surface area contributed by atoms with Gasteiger partial charge < -0.3 is 10.1 Å². The Hall–Kier alpha value is -0.970.